The van der Waals surface area contributed by atoms with Gasteiger partial charge in [0.1, 0.15) is 5.82 Å². The Bertz CT molecular complexity index is 581. The molecule has 3 heteroatoms. The maximum atomic E-state index is 12.9. The van der Waals surface area contributed by atoms with Crippen LogP contribution in [0.25, 0.3) is 0 Å². The highest BCUT2D eigenvalue weighted by Crippen LogP contribution is 2.09. The molecule has 0 saturated heterocycles. The first-order valence-corrected chi connectivity index (χ1v) is 5.86. The summed E-state index contributed by atoms with van der Waals surface area (Å²) < 4.78 is 12.9. The van der Waals surface area contributed by atoms with Crippen molar-refractivity contribution in [2.75, 3.05) is 11.9 Å². The average molecular weight is 260 g/mol. The fraction of sp³-hybridized carbons (Fsp3) is 0.0667. The van der Waals surface area contributed by atoms with Crippen molar-refractivity contribution < 1.29 is 4.39 Å². The van der Waals surface area contributed by atoms with Crippen molar-refractivity contribution in [1.82, 2.24) is 0 Å². The van der Waals surface area contributed by atoms with Crippen LogP contribution in [0.4, 0.5) is 10.1 Å². The molecule has 0 heterocycles. The standard InChI is InChI=1S/C15H11ClFN/c16-13-8-6-12(7-9-13)3-2-10-18-15-5-1-4-14(17)11-15/h1,4-9,11,18H,10H2. The molecule has 0 aliphatic heterocycles. The lowest BCUT2D eigenvalue weighted by atomic mass is 10.2. The molecule has 0 spiro atoms. The molecule has 0 amide bonds. The van der Waals surface area contributed by atoms with E-state index in [1.165, 1.54) is 12.1 Å². The Hall–Kier alpha value is -1.98. The monoisotopic (exact) mass is 259 g/mol. The van der Waals surface area contributed by atoms with Gasteiger partial charge in [0.05, 0.1) is 6.54 Å². The molecule has 2 aromatic carbocycles. The fourth-order valence-electron chi connectivity index (χ4n) is 1.42. The first-order chi connectivity index (χ1) is 8.74. The van der Waals surface area contributed by atoms with Crippen molar-refractivity contribution in [1.29, 1.82) is 0 Å². The van der Waals surface area contributed by atoms with Crippen LogP contribution in [0.15, 0.2) is 48.5 Å². The minimum absolute atomic E-state index is 0.259. The number of nitrogens with one attached hydrogen (secondary N) is 1. The van der Waals surface area contributed by atoms with Crippen LogP contribution in [0.3, 0.4) is 0 Å². The van der Waals surface area contributed by atoms with Crippen molar-refractivity contribution in [3.8, 4) is 11.8 Å². The van der Waals surface area contributed by atoms with Gasteiger partial charge in [-0.25, -0.2) is 4.39 Å². The highest BCUT2D eigenvalue weighted by atomic mass is 35.5. The molecular weight excluding hydrogens is 249 g/mol. The summed E-state index contributed by atoms with van der Waals surface area (Å²) in [7, 11) is 0. The molecule has 0 bridgehead atoms. The minimum atomic E-state index is -0.259. The first-order valence-electron chi connectivity index (χ1n) is 5.48. The third-order valence-corrected chi connectivity index (χ3v) is 2.53. The summed E-state index contributed by atoms with van der Waals surface area (Å²) in [5.74, 6) is 5.70. The molecule has 90 valence electrons. The molecule has 0 aliphatic carbocycles. The van der Waals surface area contributed by atoms with Gasteiger partial charge in [-0.1, -0.05) is 29.5 Å². The summed E-state index contributed by atoms with van der Waals surface area (Å²) in [6.45, 7) is 0.464. The summed E-state index contributed by atoms with van der Waals surface area (Å²) in [6, 6.07) is 13.6. The largest absolute Gasteiger partial charge is 0.374 e. The van der Waals surface area contributed by atoms with E-state index in [4.69, 9.17) is 11.6 Å². The fourth-order valence-corrected chi connectivity index (χ4v) is 1.55. The average Bonchev–Trinajstić information content (AvgIpc) is 2.37. The van der Waals surface area contributed by atoms with E-state index in [0.717, 1.165) is 11.3 Å². The lowest BCUT2D eigenvalue weighted by molar-refractivity contribution is 0.628. The number of hydrogen-bond donors (Lipinski definition) is 1. The van der Waals surface area contributed by atoms with E-state index in [1.807, 2.05) is 12.1 Å². The van der Waals surface area contributed by atoms with E-state index < -0.39 is 0 Å². The Balaban J connectivity index is 1.91. The maximum absolute atomic E-state index is 12.9. The van der Waals surface area contributed by atoms with Crippen LogP contribution in [0.2, 0.25) is 5.02 Å². The molecule has 0 radical (unpaired) electrons. The van der Waals surface area contributed by atoms with E-state index in [1.54, 1.807) is 24.3 Å². The van der Waals surface area contributed by atoms with E-state index in [2.05, 4.69) is 17.2 Å². The van der Waals surface area contributed by atoms with E-state index in [0.29, 0.717) is 11.6 Å². The Morgan fingerprint density at radius 3 is 2.61 bits per heavy atom. The van der Waals surface area contributed by atoms with Crippen molar-refractivity contribution in [3.63, 3.8) is 0 Å². The van der Waals surface area contributed by atoms with Crippen LogP contribution in [-0.2, 0) is 0 Å². The number of anilines is 1. The van der Waals surface area contributed by atoms with Gasteiger partial charge in [-0.3, -0.25) is 0 Å². The number of rotatable bonds is 2. The smallest absolute Gasteiger partial charge is 0.125 e. The number of halogens is 2. The zero-order valence-corrected chi connectivity index (χ0v) is 10.3. The second-order valence-electron chi connectivity index (χ2n) is 3.67. The summed E-state index contributed by atoms with van der Waals surface area (Å²) >= 11 is 5.77. The third kappa shape index (κ3) is 3.80. The van der Waals surface area contributed by atoms with Crippen LogP contribution < -0.4 is 5.32 Å². The molecule has 0 saturated carbocycles. The molecule has 0 aliphatic rings. The van der Waals surface area contributed by atoms with E-state index in [9.17, 15) is 4.39 Å². The summed E-state index contributed by atoms with van der Waals surface area (Å²) in [5.41, 5.74) is 1.63. The molecule has 0 fully saturated rings. The van der Waals surface area contributed by atoms with Crippen LogP contribution in [0.5, 0.6) is 0 Å². The van der Waals surface area contributed by atoms with Gasteiger partial charge in [0.15, 0.2) is 0 Å². The second kappa shape index (κ2) is 6.09. The predicted octanol–water partition coefficient (Wildman–Crippen LogP) is 3.94. The molecule has 1 N–H and O–H groups in total. The van der Waals surface area contributed by atoms with E-state index in [-0.39, 0.29) is 5.82 Å². The SMILES string of the molecule is Fc1cccc(NCC#Cc2ccc(Cl)cc2)c1. The lowest BCUT2D eigenvalue weighted by Gasteiger charge is -2.00. The van der Waals surface area contributed by atoms with Gasteiger partial charge in [0.2, 0.25) is 0 Å². The minimum Gasteiger partial charge on any atom is -0.374 e. The van der Waals surface area contributed by atoms with Gasteiger partial charge in [-0.15, -0.1) is 0 Å². The van der Waals surface area contributed by atoms with Crippen molar-refractivity contribution in [2.45, 2.75) is 0 Å². The Morgan fingerprint density at radius 2 is 1.89 bits per heavy atom. The van der Waals surface area contributed by atoms with Crippen LogP contribution >= 0.6 is 11.6 Å². The third-order valence-electron chi connectivity index (χ3n) is 2.28. The van der Waals surface area contributed by atoms with Crippen LogP contribution in [-0.4, -0.2) is 6.54 Å². The van der Waals surface area contributed by atoms with Crippen molar-refractivity contribution >= 4 is 17.3 Å². The second-order valence-corrected chi connectivity index (χ2v) is 4.11. The summed E-state index contributed by atoms with van der Waals surface area (Å²) in [5, 5.41) is 3.72. The quantitative estimate of drug-likeness (QED) is 0.806. The Kier molecular flexibility index (Phi) is 4.22. The van der Waals surface area contributed by atoms with Gasteiger partial charge in [0, 0.05) is 16.3 Å². The molecule has 0 aromatic heterocycles. The van der Waals surface area contributed by atoms with Gasteiger partial charge in [-0.05, 0) is 42.5 Å². The Labute approximate surface area is 111 Å². The lowest BCUT2D eigenvalue weighted by Crippen LogP contribution is -1.98. The molecular formula is C15H11ClFN. The van der Waals surface area contributed by atoms with Gasteiger partial charge in [-0.2, -0.15) is 0 Å². The van der Waals surface area contributed by atoms with Crippen LogP contribution in [0.1, 0.15) is 5.56 Å². The van der Waals surface area contributed by atoms with Crippen molar-refractivity contribution in [3.05, 3.63) is 64.9 Å². The zero-order chi connectivity index (χ0) is 12.8. The highest BCUT2D eigenvalue weighted by molar-refractivity contribution is 6.30. The molecule has 0 atom stereocenters. The summed E-state index contributed by atoms with van der Waals surface area (Å²) in [6.07, 6.45) is 0. The zero-order valence-electron chi connectivity index (χ0n) is 9.58. The van der Waals surface area contributed by atoms with Crippen LogP contribution in [0, 0.1) is 17.7 Å². The van der Waals surface area contributed by atoms with Gasteiger partial charge < -0.3 is 5.32 Å². The molecule has 1 nitrogen and oxygen atoms in total. The summed E-state index contributed by atoms with van der Waals surface area (Å²) in [4.78, 5) is 0. The van der Waals surface area contributed by atoms with Gasteiger partial charge in [0.25, 0.3) is 0 Å². The Morgan fingerprint density at radius 1 is 1.11 bits per heavy atom. The first kappa shape index (κ1) is 12.5. The molecule has 2 rings (SSSR count). The maximum Gasteiger partial charge on any atom is 0.125 e. The molecule has 0 unspecified atom stereocenters. The van der Waals surface area contributed by atoms with E-state index >= 15 is 0 Å². The molecule has 18 heavy (non-hydrogen) atoms. The normalized spacial score (nSPS) is 9.44. The predicted molar refractivity (Wildman–Crippen MR) is 73.2 cm³/mol. The number of hydrogen-bond acceptors (Lipinski definition) is 1. The highest BCUT2D eigenvalue weighted by Gasteiger charge is 1.92. The number of benzene rings is 2. The van der Waals surface area contributed by atoms with Gasteiger partial charge >= 0.3 is 0 Å². The van der Waals surface area contributed by atoms with Crippen molar-refractivity contribution in [2.24, 2.45) is 0 Å². The topological polar surface area (TPSA) is 12.0 Å². The molecule has 2 aromatic rings.